The van der Waals surface area contributed by atoms with Crippen LogP contribution in [0.1, 0.15) is 61.9 Å². The summed E-state index contributed by atoms with van der Waals surface area (Å²) in [6, 6.07) is 3.73. The third-order valence-electron chi connectivity index (χ3n) is 4.24. The molecule has 0 radical (unpaired) electrons. The van der Waals surface area contributed by atoms with Crippen LogP contribution in [-0.4, -0.2) is 35.4 Å². The molecule has 0 saturated heterocycles. The summed E-state index contributed by atoms with van der Waals surface area (Å²) in [6.45, 7) is 6.25. The summed E-state index contributed by atoms with van der Waals surface area (Å²) < 4.78 is 48.4. The highest BCUT2D eigenvalue weighted by Crippen LogP contribution is 2.30. The van der Waals surface area contributed by atoms with Crippen molar-refractivity contribution in [1.82, 2.24) is 4.98 Å². The molecule has 156 valence electrons. The molecular weight excluding hydrogens is 391 g/mol. The SMILES string of the molecule is CCOC(=O)c1c(C)[nH]c(C(=O)[C@H](C)OC(=O)c2cccc(C(F)(F)F)c2)c1C. The van der Waals surface area contributed by atoms with Gasteiger partial charge in [0.15, 0.2) is 6.10 Å². The number of aryl methyl sites for hydroxylation is 1. The number of nitrogens with one attached hydrogen (secondary N) is 1. The van der Waals surface area contributed by atoms with Crippen molar-refractivity contribution in [2.24, 2.45) is 0 Å². The maximum Gasteiger partial charge on any atom is 0.416 e. The lowest BCUT2D eigenvalue weighted by Crippen LogP contribution is -2.25. The van der Waals surface area contributed by atoms with E-state index >= 15 is 0 Å². The van der Waals surface area contributed by atoms with Crippen LogP contribution in [0.5, 0.6) is 0 Å². The normalized spacial score (nSPS) is 12.4. The quantitative estimate of drug-likeness (QED) is 0.567. The van der Waals surface area contributed by atoms with E-state index in [0.29, 0.717) is 17.3 Å². The number of rotatable bonds is 6. The van der Waals surface area contributed by atoms with Crippen LogP contribution in [-0.2, 0) is 15.7 Å². The summed E-state index contributed by atoms with van der Waals surface area (Å²) in [5.41, 5.74) is -0.290. The zero-order valence-corrected chi connectivity index (χ0v) is 16.3. The van der Waals surface area contributed by atoms with Gasteiger partial charge in [0.25, 0.3) is 0 Å². The second kappa shape index (κ2) is 8.50. The van der Waals surface area contributed by atoms with E-state index in [4.69, 9.17) is 9.47 Å². The lowest BCUT2D eigenvalue weighted by Gasteiger charge is -2.13. The Morgan fingerprint density at radius 1 is 1.14 bits per heavy atom. The van der Waals surface area contributed by atoms with Crippen LogP contribution in [0.15, 0.2) is 24.3 Å². The second-order valence-corrected chi connectivity index (χ2v) is 6.34. The molecule has 0 aliphatic rings. The third-order valence-corrected chi connectivity index (χ3v) is 4.24. The highest BCUT2D eigenvalue weighted by Gasteiger charge is 2.32. The van der Waals surface area contributed by atoms with Crippen molar-refractivity contribution in [3.8, 4) is 0 Å². The van der Waals surface area contributed by atoms with Crippen molar-refractivity contribution in [1.29, 1.82) is 0 Å². The average Bonchev–Trinajstić information content (AvgIpc) is 2.94. The van der Waals surface area contributed by atoms with Gasteiger partial charge in [-0.05, 0) is 51.5 Å². The van der Waals surface area contributed by atoms with Crippen molar-refractivity contribution in [2.45, 2.75) is 40.0 Å². The molecule has 1 heterocycles. The van der Waals surface area contributed by atoms with E-state index in [2.05, 4.69) is 4.98 Å². The number of ketones is 1. The molecule has 0 fully saturated rings. The predicted molar refractivity (Wildman–Crippen MR) is 96.9 cm³/mol. The van der Waals surface area contributed by atoms with Gasteiger partial charge in [0.05, 0.1) is 29.0 Å². The second-order valence-electron chi connectivity index (χ2n) is 6.34. The maximum absolute atomic E-state index is 12.8. The maximum atomic E-state index is 12.8. The van der Waals surface area contributed by atoms with Gasteiger partial charge in [-0.25, -0.2) is 9.59 Å². The number of H-pyrrole nitrogens is 1. The van der Waals surface area contributed by atoms with Crippen LogP contribution in [0.2, 0.25) is 0 Å². The van der Waals surface area contributed by atoms with E-state index in [1.54, 1.807) is 20.8 Å². The Hall–Kier alpha value is -3.10. The Labute approximate surface area is 165 Å². The number of hydrogen-bond donors (Lipinski definition) is 1. The molecule has 1 atom stereocenters. The van der Waals surface area contributed by atoms with E-state index < -0.39 is 35.6 Å². The fourth-order valence-electron chi connectivity index (χ4n) is 2.81. The molecule has 0 saturated carbocycles. The minimum absolute atomic E-state index is 0.0647. The Bertz CT molecular complexity index is 946. The van der Waals surface area contributed by atoms with Gasteiger partial charge in [-0.2, -0.15) is 13.2 Å². The van der Waals surface area contributed by atoms with Gasteiger partial charge in [-0.15, -0.1) is 0 Å². The number of alkyl halides is 3. The molecule has 29 heavy (non-hydrogen) atoms. The molecule has 0 bridgehead atoms. The first-order chi connectivity index (χ1) is 13.5. The molecule has 6 nitrogen and oxygen atoms in total. The fourth-order valence-corrected chi connectivity index (χ4v) is 2.81. The van der Waals surface area contributed by atoms with Crippen LogP contribution >= 0.6 is 0 Å². The van der Waals surface area contributed by atoms with Gasteiger partial charge in [0, 0.05) is 5.69 Å². The van der Waals surface area contributed by atoms with Crippen molar-refractivity contribution in [3.63, 3.8) is 0 Å². The number of hydrogen-bond acceptors (Lipinski definition) is 5. The summed E-state index contributed by atoms with van der Waals surface area (Å²) >= 11 is 0. The lowest BCUT2D eigenvalue weighted by atomic mass is 10.1. The predicted octanol–water partition coefficient (Wildman–Crippen LogP) is 4.26. The number of halogens is 3. The molecule has 1 N–H and O–H groups in total. The summed E-state index contributed by atoms with van der Waals surface area (Å²) in [6.07, 6.45) is -5.90. The standard InChI is InChI=1S/C20H20F3NO5/c1-5-28-19(27)15-10(2)16(24-11(15)3)17(25)12(4)29-18(26)13-7-6-8-14(9-13)20(21,22)23/h6-9,12,24H,5H2,1-4H3/t12-/m0/s1. The molecule has 2 rings (SSSR count). The number of Topliss-reactive ketones (excluding diaryl/α,β-unsaturated/α-hetero) is 1. The molecule has 2 aromatic rings. The molecule has 0 unspecified atom stereocenters. The topological polar surface area (TPSA) is 85.5 Å². The number of ether oxygens (including phenoxy) is 2. The number of benzene rings is 1. The van der Waals surface area contributed by atoms with Gasteiger partial charge in [0.1, 0.15) is 0 Å². The highest BCUT2D eigenvalue weighted by atomic mass is 19.4. The lowest BCUT2D eigenvalue weighted by molar-refractivity contribution is -0.137. The molecule has 0 spiro atoms. The first kappa shape index (κ1) is 22.2. The van der Waals surface area contributed by atoms with Gasteiger partial charge >= 0.3 is 18.1 Å². The molecular formula is C20H20F3NO5. The summed E-state index contributed by atoms with van der Waals surface area (Å²) in [4.78, 5) is 39.7. The van der Waals surface area contributed by atoms with E-state index in [1.807, 2.05) is 0 Å². The van der Waals surface area contributed by atoms with Crippen molar-refractivity contribution >= 4 is 17.7 Å². The Kier molecular flexibility index (Phi) is 6.51. The zero-order valence-electron chi connectivity index (χ0n) is 16.3. The number of aromatic nitrogens is 1. The van der Waals surface area contributed by atoms with Crippen molar-refractivity contribution in [2.75, 3.05) is 6.61 Å². The van der Waals surface area contributed by atoms with Crippen LogP contribution in [0.3, 0.4) is 0 Å². The number of aromatic amines is 1. The largest absolute Gasteiger partial charge is 0.462 e. The third kappa shape index (κ3) is 4.85. The first-order valence-electron chi connectivity index (χ1n) is 8.76. The van der Waals surface area contributed by atoms with Crippen molar-refractivity contribution < 1.29 is 37.0 Å². The Balaban J connectivity index is 2.21. The van der Waals surface area contributed by atoms with Gasteiger partial charge in [0.2, 0.25) is 5.78 Å². The van der Waals surface area contributed by atoms with Gasteiger partial charge in [-0.1, -0.05) is 6.07 Å². The molecule has 0 aliphatic carbocycles. The minimum atomic E-state index is -4.61. The van der Waals surface area contributed by atoms with E-state index in [1.165, 1.54) is 6.92 Å². The minimum Gasteiger partial charge on any atom is -0.462 e. The Morgan fingerprint density at radius 3 is 2.38 bits per heavy atom. The van der Waals surface area contributed by atoms with Gasteiger partial charge < -0.3 is 14.5 Å². The number of carbonyl (C=O) groups is 3. The van der Waals surface area contributed by atoms with Crippen LogP contribution in [0, 0.1) is 13.8 Å². The van der Waals surface area contributed by atoms with Crippen LogP contribution in [0.4, 0.5) is 13.2 Å². The van der Waals surface area contributed by atoms with Crippen molar-refractivity contribution in [3.05, 3.63) is 57.9 Å². The number of esters is 2. The number of carbonyl (C=O) groups excluding carboxylic acids is 3. The molecule has 1 aromatic carbocycles. The summed E-state index contributed by atoms with van der Waals surface area (Å²) in [5, 5.41) is 0. The molecule has 9 heteroatoms. The zero-order chi connectivity index (χ0) is 21.9. The average molecular weight is 411 g/mol. The summed E-state index contributed by atoms with van der Waals surface area (Å²) in [5.74, 6) is -2.28. The molecule has 0 amide bonds. The van der Waals surface area contributed by atoms with E-state index in [-0.39, 0.29) is 23.4 Å². The van der Waals surface area contributed by atoms with Crippen LogP contribution in [0.25, 0.3) is 0 Å². The van der Waals surface area contributed by atoms with Gasteiger partial charge in [-0.3, -0.25) is 4.79 Å². The van der Waals surface area contributed by atoms with Crippen LogP contribution < -0.4 is 0 Å². The Morgan fingerprint density at radius 2 is 1.79 bits per heavy atom. The molecule has 1 aromatic heterocycles. The highest BCUT2D eigenvalue weighted by molar-refractivity contribution is 6.04. The van der Waals surface area contributed by atoms with E-state index in [0.717, 1.165) is 18.2 Å². The monoisotopic (exact) mass is 411 g/mol. The molecule has 0 aliphatic heterocycles. The first-order valence-corrected chi connectivity index (χ1v) is 8.76. The smallest absolute Gasteiger partial charge is 0.416 e. The summed E-state index contributed by atoms with van der Waals surface area (Å²) in [7, 11) is 0. The van der Waals surface area contributed by atoms with E-state index in [9.17, 15) is 27.6 Å². The fraction of sp³-hybridized carbons (Fsp3) is 0.350.